The lowest BCUT2D eigenvalue weighted by Gasteiger charge is -2.31. The number of amides is 2. The van der Waals surface area contributed by atoms with Crippen molar-refractivity contribution in [3.8, 4) is 0 Å². The number of carbonyl (C=O) groups excluding carboxylic acids is 2. The van der Waals surface area contributed by atoms with E-state index in [1.807, 2.05) is 29.2 Å². The maximum absolute atomic E-state index is 12.0. The third-order valence-corrected chi connectivity index (χ3v) is 3.45. The molecular weight excluding hydrogens is 256 g/mol. The lowest BCUT2D eigenvalue weighted by atomic mass is 10.2. The highest BCUT2D eigenvalue weighted by atomic mass is 16.2. The molecule has 2 amide bonds. The number of rotatable bonds is 4. The van der Waals surface area contributed by atoms with Gasteiger partial charge in [-0.15, -0.1) is 0 Å². The molecule has 1 saturated heterocycles. The first kappa shape index (κ1) is 14.5. The van der Waals surface area contributed by atoms with Gasteiger partial charge in [0.1, 0.15) is 0 Å². The normalized spacial score (nSPS) is 19.5. The van der Waals surface area contributed by atoms with Crippen LogP contribution in [-0.4, -0.2) is 42.4 Å². The average Bonchev–Trinajstić information content (AvgIpc) is 2.45. The van der Waals surface area contributed by atoms with Crippen molar-refractivity contribution in [1.82, 2.24) is 10.2 Å². The van der Waals surface area contributed by atoms with E-state index in [9.17, 15) is 9.59 Å². The van der Waals surface area contributed by atoms with Crippen LogP contribution in [0.3, 0.4) is 0 Å². The van der Waals surface area contributed by atoms with Gasteiger partial charge in [-0.3, -0.25) is 14.5 Å². The average molecular weight is 276 g/mol. The van der Waals surface area contributed by atoms with Gasteiger partial charge in [0, 0.05) is 25.3 Å². The molecule has 2 rings (SSSR count). The van der Waals surface area contributed by atoms with Crippen molar-refractivity contribution < 1.29 is 9.59 Å². The van der Waals surface area contributed by atoms with E-state index in [4.69, 9.17) is 5.73 Å². The van der Waals surface area contributed by atoms with E-state index in [2.05, 4.69) is 10.6 Å². The summed E-state index contributed by atoms with van der Waals surface area (Å²) >= 11 is 0. The van der Waals surface area contributed by atoms with Gasteiger partial charge in [-0.25, -0.2) is 0 Å². The lowest BCUT2D eigenvalue weighted by Crippen LogP contribution is -2.55. The molecule has 1 aromatic rings. The summed E-state index contributed by atoms with van der Waals surface area (Å²) in [6, 6.07) is 7.15. The zero-order valence-electron chi connectivity index (χ0n) is 11.6. The Morgan fingerprint density at radius 1 is 1.45 bits per heavy atom. The Balaban J connectivity index is 1.89. The Bertz CT molecular complexity index is 486. The fraction of sp³-hybridized carbons (Fsp3) is 0.429. The molecule has 1 fully saturated rings. The van der Waals surface area contributed by atoms with Crippen LogP contribution in [0.1, 0.15) is 12.5 Å². The molecular formula is C14H20N4O2. The zero-order valence-corrected chi connectivity index (χ0v) is 11.6. The molecule has 1 atom stereocenters. The summed E-state index contributed by atoms with van der Waals surface area (Å²) in [7, 11) is 0. The molecule has 0 saturated carbocycles. The van der Waals surface area contributed by atoms with Gasteiger partial charge in [0.2, 0.25) is 11.8 Å². The van der Waals surface area contributed by atoms with E-state index >= 15 is 0 Å². The van der Waals surface area contributed by atoms with E-state index in [1.165, 1.54) is 0 Å². The maximum atomic E-state index is 12.0. The number of carbonyl (C=O) groups is 2. The quantitative estimate of drug-likeness (QED) is 0.717. The molecule has 1 heterocycles. The molecule has 1 aromatic carbocycles. The third-order valence-electron chi connectivity index (χ3n) is 3.45. The molecule has 0 spiro atoms. The summed E-state index contributed by atoms with van der Waals surface area (Å²) in [5, 5.41) is 5.60. The Labute approximate surface area is 118 Å². The number of nitrogens with two attached hydrogens (primary N) is 1. The molecule has 1 unspecified atom stereocenters. The van der Waals surface area contributed by atoms with Crippen molar-refractivity contribution in [2.24, 2.45) is 5.73 Å². The second-order valence-electron chi connectivity index (χ2n) is 4.89. The molecule has 1 aliphatic heterocycles. The Hall–Kier alpha value is -1.92. The van der Waals surface area contributed by atoms with Crippen LogP contribution in [0, 0.1) is 0 Å². The second-order valence-corrected chi connectivity index (χ2v) is 4.89. The zero-order chi connectivity index (χ0) is 14.5. The molecule has 6 nitrogen and oxygen atoms in total. The third kappa shape index (κ3) is 3.55. The fourth-order valence-corrected chi connectivity index (χ4v) is 2.16. The van der Waals surface area contributed by atoms with Crippen molar-refractivity contribution in [2.75, 3.05) is 25.0 Å². The van der Waals surface area contributed by atoms with Gasteiger partial charge < -0.3 is 16.4 Å². The van der Waals surface area contributed by atoms with E-state index in [-0.39, 0.29) is 24.4 Å². The number of hydrogen-bond donors (Lipinski definition) is 3. The summed E-state index contributed by atoms with van der Waals surface area (Å²) in [5.41, 5.74) is 7.28. The van der Waals surface area contributed by atoms with E-state index in [1.54, 1.807) is 6.92 Å². The predicted molar refractivity (Wildman–Crippen MR) is 77.0 cm³/mol. The van der Waals surface area contributed by atoms with Crippen LogP contribution >= 0.6 is 0 Å². The highest BCUT2D eigenvalue weighted by Gasteiger charge is 2.26. The maximum Gasteiger partial charge on any atom is 0.238 e. The van der Waals surface area contributed by atoms with Crippen LogP contribution in [0.15, 0.2) is 24.3 Å². The van der Waals surface area contributed by atoms with Crippen LogP contribution in [0.25, 0.3) is 0 Å². The monoisotopic (exact) mass is 276 g/mol. The number of anilines is 1. The van der Waals surface area contributed by atoms with Crippen LogP contribution in [0.5, 0.6) is 0 Å². The van der Waals surface area contributed by atoms with E-state index in [0.717, 1.165) is 11.3 Å². The summed E-state index contributed by atoms with van der Waals surface area (Å²) in [6.45, 7) is 3.77. The first-order valence-corrected chi connectivity index (χ1v) is 6.71. The summed E-state index contributed by atoms with van der Waals surface area (Å²) < 4.78 is 0. The molecule has 20 heavy (non-hydrogen) atoms. The highest BCUT2D eigenvalue weighted by molar-refractivity contribution is 5.93. The van der Waals surface area contributed by atoms with Gasteiger partial charge in [0.05, 0.1) is 12.6 Å². The van der Waals surface area contributed by atoms with E-state index < -0.39 is 0 Å². The van der Waals surface area contributed by atoms with Crippen LogP contribution < -0.4 is 16.4 Å². The van der Waals surface area contributed by atoms with Crippen molar-refractivity contribution in [3.05, 3.63) is 29.8 Å². The molecule has 4 N–H and O–H groups in total. The standard InChI is InChI=1S/C14H20N4O2/c1-10-14(20)16-6-7-18(10)9-13(19)17-12-4-2-11(8-15)3-5-12/h2-5,10H,6-9,15H2,1H3,(H,16,20)(H,17,19). The topological polar surface area (TPSA) is 87.5 Å². The van der Waals surface area contributed by atoms with Gasteiger partial charge in [-0.2, -0.15) is 0 Å². The molecule has 6 heteroatoms. The number of piperazine rings is 1. The summed E-state index contributed by atoms with van der Waals surface area (Å²) in [4.78, 5) is 25.4. The van der Waals surface area contributed by atoms with Crippen LogP contribution in [0.2, 0.25) is 0 Å². The number of hydrogen-bond acceptors (Lipinski definition) is 4. The van der Waals surface area contributed by atoms with Crippen LogP contribution in [0.4, 0.5) is 5.69 Å². The molecule has 0 radical (unpaired) electrons. The first-order valence-electron chi connectivity index (χ1n) is 6.71. The minimum absolute atomic E-state index is 0.0312. The number of nitrogens with zero attached hydrogens (tertiary/aromatic N) is 1. The van der Waals surface area contributed by atoms with Crippen LogP contribution in [-0.2, 0) is 16.1 Å². The highest BCUT2D eigenvalue weighted by Crippen LogP contribution is 2.10. The minimum atomic E-state index is -0.269. The largest absolute Gasteiger partial charge is 0.353 e. The Morgan fingerprint density at radius 3 is 2.80 bits per heavy atom. The predicted octanol–water partition coefficient (Wildman–Crippen LogP) is -0.0959. The fourth-order valence-electron chi connectivity index (χ4n) is 2.16. The second kappa shape index (κ2) is 6.49. The van der Waals surface area contributed by atoms with Crippen molar-refractivity contribution in [1.29, 1.82) is 0 Å². The van der Waals surface area contributed by atoms with Crippen molar-refractivity contribution >= 4 is 17.5 Å². The smallest absolute Gasteiger partial charge is 0.238 e. The molecule has 0 bridgehead atoms. The first-order chi connectivity index (χ1) is 9.60. The Morgan fingerprint density at radius 2 is 2.15 bits per heavy atom. The summed E-state index contributed by atoms with van der Waals surface area (Å²) in [6.07, 6.45) is 0. The van der Waals surface area contributed by atoms with Crippen molar-refractivity contribution in [3.63, 3.8) is 0 Å². The van der Waals surface area contributed by atoms with Gasteiger partial charge in [-0.05, 0) is 24.6 Å². The molecule has 0 aromatic heterocycles. The van der Waals surface area contributed by atoms with Gasteiger partial charge in [0.25, 0.3) is 0 Å². The Kier molecular flexibility index (Phi) is 4.70. The number of nitrogens with one attached hydrogen (secondary N) is 2. The van der Waals surface area contributed by atoms with Gasteiger partial charge in [-0.1, -0.05) is 12.1 Å². The molecule has 1 aliphatic rings. The molecule has 108 valence electrons. The van der Waals surface area contributed by atoms with Gasteiger partial charge >= 0.3 is 0 Å². The van der Waals surface area contributed by atoms with E-state index in [0.29, 0.717) is 19.6 Å². The lowest BCUT2D eigenvalue weighted by molar-refractivity contribution is -0.129. The number of benzene rings is 1. The minimum Gasteiger partial charge on any atom is -0.353 e. The van der Waals surface area contributed by atoms with Crippen molar-refractivity contribution in [2.45, 2.75) is 19.5 Å². The molecule has 0 aliphatic carbocycles. The van der Waals surface area contributed by atoms with Gasteiger partial charge in [0.15, 0.2) is 0 Å². The SMILES string of the molecule is CC1C(=O)NCCN1CC(=O)Nc1ccc(CN)cc1. The summed E-state index contributed by atoms with van der Waals surface area (Å²) in [5.74, 6) is -0.150.